The Morgan fingerprint density at radius 3 is 2.23 bits per heavy atom. The second kappa shape index (κ2) is 8.71. The molecular formula is C20H22N2O4. The van der Waals surface area contributed by atoms with Gasteiger partial charge in [0.25, 0.3) is 5.91 Å². The number of amides is 2. The molecule has 0 unspecified atom stereocenters. The molecule has 0 aliphatic rings. The van der Waals surface area contributed by atoms with Crippen molar-refractivity contribution >= 4 is 29.8 Å². The quantitative estimate of drug-likeness (QED) is 0.567. The predicted octanol–water partition coefficient (Wildman–Crippen LogP) is 2.97. The first kappa shape index (κ1) is 19.1. The van der Waals surface area contributed by atoms with Gasteiger partial charge in [-0.3, -0.25) is 9.59 Å². The molecule has 136 valence electrons. The van der Waals surface area contributed by atoms with Crippen molar-refractivity contribution in [1.29, 1.82) is 0 Å². The Hall–Kier alpha value is -3.28. The van der Waals surface area contributed by atoms with Crippen molar-refractivity contribution < 1.29 is 19.1 Å². The van der Waals surface area contributed by atoms with Gasteiger partial charge in [0.05, 0.1) is 25.6 Å². The molecule has 0 aliphatic carbocycles. The molecule has 0 N–H and O–H groups in total. The minimum Gasteiger partial charge on any atom is -0.493 e. The molecule has 0 radical (unpaired) electrons. The van der Waals surface area contributed by atoms with Crippen LogP contribution in [0.25, 0.3) is 6.08 Å². The number of anilines is 2. The zero-order valence-corrected chi connectivity index (χ0v) is 15.3. The van der Waals surface area contributed by atoms with Crippen LogP contribution in [-0.2, 0) is 9.59 Å². The van der Waals surface area contributed by atoms with Gasteiger partial charge in [-0.25, -0.2) is 0 Å². The van der Waals surface area contributed by atoms with Crippen molar-refractivity contribution in [2.24, 2.45) is 0 Å². The molecule has 0 spiro atoms. The number of para-hydroxylation sites is 2. The summed E-state index contributed by atoms with van der Waals surface area (Å²) in [6, 6.07) is 12.6. The lowest BCUT2D eigenvalue weighted by Gasteiger charge is -2.22. The van der Waals surface area contributed by atoms with Crippen molar-refractivity contribution in [2.45, 2.75) is 0 Å². The topological polar surface area (TPSA) is 59.1 Å². The fourth-order valence-corrected chi connectivity index (χ4v) is 2.46. The largest absolute Gasteiger partial charge is 0.493 e. The van der Waals surface area contributed by atoms with Crippen LogP contribution in [0.5, 0.6) is 11.5 Å². The van der Waals surface area contributed by atoms with E-state index in [1.165, 1.54) is 15.9 Å². The first-order chi connectivity index (χ1) is 12.5. The molecule has 2 aromatic carbocycles. The van der Waals surface area contributed by atoms with Gasteiger partial charge in [0.2, 0.25) is 6.41 Å². The average Bonchev–Trinajstić information content (AvgIpc) is 2.70. The van der Waals surface area contributed by atoms with Crippen LogP contribution in [0.2, 0.25) is 0 Å². The monoisotopic (exact) mass is 354 g/mol. The van der Waals surface area contributed by atoms with E-state index in [4.69, 9.17) is 9.47 Å². The molecule has 0 saturated heterocycles. The zero-order chi connectivity index (χ0) is 19.1. The zero-order valence-electron chi connectivity index (χ0n) is 15.3. The Morgan fingerprint density at radius 1 is 0.962 bits per heavy atom. The van der Waals surface area contributed by atoms with Crippen LogP contribution in [0, 0.1) is 0 Å². The summed E-state index contributed by atoms with van der Waals surface area (Å²) >= 11 is 0. The van der Waals surface area contributed by atoms with Gasteiger partial charge in [0.15, 0.2) is 11.5 Å². The number of ether oxygens (including phenoxy) is 2. The normalized spacial score (nSPS) is 10.5. The van der Waals surface area contributed by atoms with Gasteiger partial charge in [-0.05, 0) is 35.9 Å². The smallest absolute Gasteiger partial charge is 0.250 e. The van der Waals surface area contributed by atoms with Crippen LogP contribution in [-0.4, -0.2) is 40.6 Å². The summed E-state index contributed by atoms with van der Waals surface area (Å²) in [7, 11) is 6.44. The van der Waals surface area contributed by atoms with Crippen molar-refractivity contribution in [2.75, 3.05) is 38.1 Å². The molecule has 2 rings (SSSR count). The van der Waals surface area contributed by atoms with E-state index in [1.807, 2.05) is 18.2 Å². The van der Waals surface area contributed by atoms with Crippen LogP contribution in [0.3, 0.4) is 0 Å². The van der Waals surface area contributed by atoms with Crippen LogP contribution in [0.1, 0.15) is 5.56 Å². The minimum absolute atomic E-state index is 0.216. The molecule has 6 heteroatoms. The van der Waals surface area contributed by atoms with Gasteiger partial charge in [-0.2, -0.15) is 0 Å². The van der Waals surface area contributed by atoms with Crippen molar-refractivity contribution in [1.82, 2.24) is 0 Å². The molecule has 2 aromatic rings. The van der Waals surface area contributed by atoms with Crippen LogP contribution < -0.4 is 19.3 Å². The van der Waals surface area contributed by atoms with Gasteiger partial charge >= 0.3 is 0 Å². The first-order valence-corrected chi connectivity index (χ1v) is 7.96. The molecule has 0 aliphatic heterocycles. The van der Waals surface area contributed by atoms with E-state index < -0.39 is 0 Å². The predicted molar refractivity (Wildman–Crippen MR) is 103 cm³/mol. The summed E-state index contributed by atoms with van der Waals surface area (Å²) in [6.07, 6.45) is 3.88. The van der Waals surface area contributed by atoms with E-state index in [1.54, 1.807) is 58.7 Å². The lowest BCUT2D eigenvalue weighted by Crippen LogP contribution is -2.27. The third-order valence-electron chi connectivity index (χ3n) is 3.94. The number of likely N-dealkylation sites (N-methyl/N-ethyl adjacent to an activating group) is 1. The number of benzene rings is 2. The van der Waals surface area contributed by atoms with Crippen LogP contribution >= 0.6 is 0 Å². The minimum atomic E-state index is -0.216. The highest BCUT2D eigenvalue weighted by Crippen LogP contribution is 2.29. The summed E-state index contributed by atoms with van der Waals surface area (Å²) in [5.41, 5.74) is 2.10. The van der Waals surface area contributed by atoms with Crippen LogP contribution in [0.4, 0.5) is 11.4 Å². The first-order valence-electron chi connectivity index (χ1n) is 7.96. The van der Waals surface area contributed by atoms with Gasteiger partial charge < -0.3 is 19.3 Å². The average molecular weight is 354 g/mol. The number of methoxy groups -OCH3 is 2. The second-order valence-electron chi connectivity index (χ2n) is 5.55. The lowest BCUT2D eigenvalue weighted by molar-refractivity contribution is -0.114. The second-order valence-corrected chi connectivity index (χ2v) is 5.55. The Morgan fingerprint density at radius 2 is 1.62 bits per heavy atom. The number of nitrogens with zero attached hydrogens (tertiary/aromatic N) is 2. The SMILES string of the molecule is COc1ccc(/C=C/C(=O)N(C)c2ccccc2N(C)C=O)cc1OC. The van der Waals surface area contributed by atoms with Crippen molar-refractivity contribution in [3.05, 3.63) is 54.1 Å². The Balaban J connectivity index is 2.22. The van der Waals surface area contributed by atoms with Crippen molar-refractivity contribution in [3.63, 3.8) is 0 Å². The van der Waals surface area contributed by atoms with E-state index in [0.717, 1.165) is 5.56 Å². The third-order valence-corrected chi connectivity index (χ3v) is 3.94. The number of carbonyl (C=O) groups is 2. The van der Waals surface area contributed by atoms with Gasteiger partial charge in [0.1, 0.15) is 0 Å². The van der Waals surface area contributed by atoms with Gasteiger partial charge in [-0.15, -0.1) is 0 Å². The van der Waals surface area contributed by atoms with E-state index in [-0.39, 0.29) is 5.91 Å². The van der Waals surface area contributed by atoms with Gasteiger partial charge in [-0.1, -0.05) is 18.2 Å². The van der Waals surface area contributed by atoms with E-state index in [9.17, 15) is 9.59 Å². The lowest BCUT2D eigenvalue weighted by atomic mass is 10.1. The molecular weight excluding hydrogens is 332 g/mol. The molecule has 6 nitrogen and oxygen atoms in total. The highest BCUT2D eigenvalue weighted by molar-refractivity contribution is 6.06. The molecule has 0 atom stereocenters. The number of hydrogen-bond donors (Lipinski definition) is 0. The molecule has 26 heavy (non-hydrogen) atoms. The number of hydrogen-bond acceptors (Lipinski definition) is 4. The fourth-order valence-electron chi connectivity index (χ4n) is 2.46. The molecule has 2 amide bonds. The van der Waals surface area contributed by atoms with Gasteiger partial charge in [0, 0.05) is 20.2 Å². The Bertz CT molecular complexity index is 817. The Labute approximate surface area is 153 Å². The number of carbonyl (C=O) groups excluding carboxylic acids is 2. The van der Waals surface area contributed by atoms with Crippen LogP contribution in [0.15, 0.2) is 48.5 Å². The van der Waals surface area contributed by atoms with E-state index in [2.05, 4.69) is 0 Å². The summed E-state index contributed by atoms with van der Waals surface area (Å²) in [4.78, 5) is 26.5. The standard InChI is InChI=1S/C20H22N2O4/c1-21(14-23)16-7-5-6-8-17(16)22(2)20(24)12-10-15-9-11-18(25-3)19(13-15)26-4/h5-14H,1-4H3/b12-10+. The fraction of sp³-hybridized carbons (Fsp3) is 0.200. The summed E-state index contributed by atoms with van der Waals surface area (Å²) in [5, 5.41) is 0. The molecule has 0 bridgehead atoms. The molecule has 0 aromatic heterocycles. The molecule has 0 heterocycles. The summed E-state index contributed by atoms with van der Waals surface area (Å²) in [5.74, 6) is 0.999. The maximum atomic E-state index is 12.5. The Kier molecular flexibility index (Phi) is 6.38. The maximum Gasteiger partial charge on any atom is 0.250 e. The maximum absolute atomic E-state index is 12.5. The summed E-state index contributed by atoms with van der Waals surface area (Å²) < 4.78 is 10.5. The highest BCUT2D eigenvalue weighted by atomic mass is 16.5. The van der Waals surface area contributed by atoms with E-state index in [0.29, 0.717) is 29.3 Å². The van der Waals surface area contributed by atoms with E-state index >= 15 is 0 Å². The molecule has 0 fully saturated rings. The molecule has 0 saturated carbocycles. The third kappa shape index (κ3) is 4.22. The highest BCUT2D eigenvalue weighted by Gasteiger charge is 2.14. The summed E-state index contributed by atoms with van der Waals surface area (Å²) in [6.45, 7) is 0. The van der Waals surface area contributed by atoms with Crippen molar-refractivity contribution in [3.8, 4) is 11.5 Å². The number of rotatable bonds is 7.